The molecule has 0 fully saturated rings. The fourth-order valence-electron chi connectivity index (χ4n) is 1.58. The molecule has 99 valence electrons. The summed E-state index contributed by atoms with van der Waals surface area (Å²) in [6.45, 7) is 4.38. The zero-order chi connectivity index (χ0) is 13.8. The molecule has 0 bridgehead atoms. The van der Waals surface area contributed by atoms with E-state index < -0.39 is 0 Å². The van der Waals surface area contributed by atoms with Crippen molar-refractivity contribution in [2.45, 2.75) is 13.8 Å². The van der Waals surface area contributed by atoms with Gasteiger partial charge in [-0.25, -0.2) is 9.97 Å². The van der Waals surface area contributed by atoms with E-state index in [1.54, 1.807) is 11.6 Å². The van der Waals surface area contributed by atoms with Gasteiger partial charge in [0, 0.05) is 23.7 Å². The second-order valence-corrected chi connectivity index (χ2v) is 5.08. The molecule has 1 radical (unpaired) electrons. The van der Waals surface area contributed by atoms with Crippen LogP contribution in [0, 0.1) is 5.92 Å². The van der Waals surface area contributed by atoms with Gasteiger partial charge in [-0.05, 0) is 19.9 Å². The highest BCUT2D eigenvalue weighted by molar-refractivity contribution is 7.10. The SMILES string of the molecule is CCNC(=O)c1csc([C](C)c2cccnc2Cl)n1. The first kappa shape index (κ1) is 14.0. The van der Waals surface area contributed by atoms with Crippen LogP contribution in [0.2, 0.25) is 5.15 Å². The second-order valence-electron chi connectivity index (χ2n) is 3.86. The first-order valence-electron chi connectivity index (χ1n) is 5.82. The number of rotatable bonds is 4. The van der Waals surface area contributed by atoms with Crippen molar-refractivity contribution in [3.05, 3.63) is 51.0 Å². The van der Waals surface area contributed by atoms with E-state index >= 15 is 0 Å². The summed E-state index contributed by atoms with van der Waals surface area (Å²) in [5.41, 5.74) is 1.27. The molecule has 0 saturated carbocycles. The van der Waals surface area contributed by atoms with Crippen molar-refractivity contribution in [1.82, 2.24) is 15.3 Å². The van der Waals surface area contributed by atoms with Gasteiger partial charge in [-0.15, -0.1) is 11.3 Å². The summed E-state index contributed by atoms with van der Waals surface area (Å²) >= 11 is 7.47. The second kappa shape index (κ2) is 6.12. The van der Waals surface area contributed by atoms with Crippen molar-refractivity contribution in [3.63, 3.8) is 0 Å². The van der Waals surface area contributed by atoms with Crippen molar-refractivity contribution < 1.29 is 4.79 Å². The molecule has 4 nitrogen and oxygen atoms in total. The van der Waals surface area contributed by atoms with Gasteiger partial charge in [0.1, 0.15) is 15.9 Å². The number of carbonyl (C=O) groups excluding carboxylic acids is 1. The quantitative estimate of drug-likeness (QED) is 0.882. The largest absolute Gasteiger partial charge is 0.351 e. The number of thiazole rings is 1. The molecule has 0 saturated heterocycles. The van der Waals surface area contributed by atoms with E-state index in [4.69, 9.17) is 11.6 Å². The van der Waals surface area contributed by atoms with Crippen LogP contribution in [0.4, 0.5) is 0 Å². The van der Waals surface area contributed by atoms with E-state index in [2.05, 4.69) is 15.3 Å². The van der Waals surface area contributed by atoms with Gasteiger partial charge in [0.25, 0.3) is 5.91 Å². The predicted molar refractivity (Wildman–Crippen MR) is 76.5 cm³/mol. The summed E-state index contributed by atoms with van der Waals surface area (Å²) in [6, 6.07) is 3.71. The molecule has 19 heavy (non-hydrogen) atoms. The van der Waals surface area contributed by atoms with Gasteiger partial charge in [0.05, 0.1) is 5.92 Å². The normalized spacial score (nSPS) is 10.7. The predicted octanol–water partition coefficient (Wildman–Crippen LogP) is 2.93. The van der Waals surface area contributed by atoms with Gasteiger partial charge in [-0.1, -0.05) is 17.7 Å². The lowest BCUT2D eigenvalue weighted by Gasteiger charge is -2.08. The molecule has 1 N–H and O–H groups in total. The van der Waals surface area contributed by atoms with E-state index in [-0.39, 0.29) is 5.91 Å². The van der Waals surface area contributed by atoms with Crippen molar-refractivity contribution in [2.75, 3.05) is 6.54 Å². The van der Waals surface area contributed by atoms with E-state index in [9.17, 15) is 4.79 Å². The standard InChI is InChI=1S/C13H13ClN3OS/c1-3-15-12(18)10-7-19-13(17-10)8(2)9-5-4-6-16-11(9)14/h4-7H,3H2,1-2H3,(H,15,18). The minimum atomic E-state index is -0.157. The lowest BCUT2D eigenvalue weighted by molar-refractivity contribution is 0.0951. The number of aromatic nitrogens is 2. The maximum Gasteiger partial charge on any atom is 0.270 e. The molecular weight excluding hydrogens is 282 g/mol. The Morgan fingerprint density at radius 2 is 2.32 bits per heavy atom. The molecule has 2 heterocycles. The molecule has 0 atom stereocenters. The van der Waals surface area contributed by atoms with Crippen LogP contribution in [0.15, 0.2) is 23.7 Å². The number of hydrogen-bond acceptors (Lipinski definition) is 4. The van der Waals surface area contributed by atoms with Crippen LogP contribution >= 0.6 is 22.9 Å². The summed E-state index contributed by atoms with van der Waals surface area (Å²) in [6.07, 6.45) is 1.64. The Morgan fingerprint density at radius 3 is 3.00 bits per heavy atom. The number of nitrogens with one attached hydrogen (secondary N) is 1. The van der Waals surface area contributed by atoms with Gasteiger partial charge in [0.2, 0.25) is 0 Å². The average Bonchev–Trinajstić information content (AvgIpc) is 2.88. The number of pyridine rings is 1. The van der Waals surface area contributed by atoms with E-state index in [0.717, 1.165) is 16.5 Å². The third kappa shape index (κ3) is 3.11. The Hall–Kier alpha value is -1.46. The molecule has 0 aliphatic rings. The molecular formula is C13H13ClN3OS. The molecule has 6 heteroatoms. The van der Waals surface area contributed by atoms with E-state index in [0.29, 0.717) is 17.4 Å². The molecule has 2 aromatic heterocycles. The monoisotopic (exact) mass is 294 g/mol. The number of hydrogen-bond donors (Lipinski definition) is 1. The van der Waals surface area contributed by atoms with Crippen LogP contribution < -0.4 is 5.32 Å². The van der Waals surface area contributed by atoms with Crippen molar-refractivity contribution >= 4 is 28.8 Å². The van der Waals surface area contributed by atoms with E-state index in [1.807, 2.05) is 26.0 Å². The Bertz CT molecular complexity index is 585. The van der Waals surface area contributed by atoms with Crippen LogP contribution in [0.5, 0.6) is 0 Å². The highest BCUT2D eigenvalue weighted by Crippen LogP contribution is 2.29. The van der Waals surface area contributed by atoms with Crippen LogP contribution in [0.25, 0.3) is 0 Å². The highest BCUT2D eigenvalue weighted by atomic mass is 35.5. The highest BCUT2D eigenvalue weighted by Gasteiger charge is 2.18. The summed E-state index contributed by atoms with van der Waals surface area (Å²) < 4.78 is 0. The zero-order valence-electron chi connectivity index (χ0n) is 10.6. The van der Waals surface area contributed by atoms with Gasteiger partial charge in [-0.2, -0.15) is 0 Å². The molecule has 2 aromatic rings. The van der Waals surface area contributed by atoms with Gasteiger partial charge < -0.3 is 5.32 Å². The Morgan fingerprint density at radius 1 is 1.53 bits per heavy atom. The smallest absolute Gasteiger partial charge is 0.270 e. The molecule has 2 rings (SSSR count). The lowest BCUT2D eigenvalue weighted by Crippen LogP contribution is -2.23. The topological polar surface area (TPSA) is 54.9 Å². The molecule has 1 amide bonds. The fraction of sp³-hybridized carbons (Fsp3) is 0.231. The average molecular weight is 295 g/mol. The minimum absolute atomic E-state index is 0.157. The van der Waals surface area contributed by atoms with Crippen molar-refractivity contribution in [1.29, 1.82) is 0 Å². The minimum Gasteiger partial charge on any atom is -0.351 e. The number of halogens is 1. The number of amides is 1. The Labute approximate surface area is 120 Å². The first-order valence-corrected chi connectivity index (χ1v) is 7.07. The number of nitrogens with zero attached hydrogens (tertiary/aromatic N) is 2. The molecule has 0 aliphatic heterocycles. The maximum atomic E-state index is 11.7. The lowest BCUT2D eigenvalue weighted by atomic mass is 10.0. The van der Waals surface area contributed by atoms with Crippen LogP contribution in [0.1, 0.15) is 34.9 Å². The summed E-state index contributed by atoms with van der Waals surface area (Å²) in [5, 5.41) is 5.68. The maximum absolute atomic E-state index is 11.7. The van der Waals surface area contributed by atoms with Crippen molar-refractivity contribution in [2.24, 2.45) is 0 Å². The molecule has 0 aromatic carbocycles. The van der Waals surface area contributed by atoms with Gasteiger partial charge >= 0.3 is 0 Å². The van der Waals surface area contributed by atoms with Crippen LogP contribution in [-0.2, 0) is 0 Å². The van der Waals surface area contributed by atoms with E-state index in [1.165, 1.54) is 11.3 Å². The number of carbonyl (C=O) groups is 1. The van der Waals surface area contributed by atoms with Crippen LogP contribution in [-0.4, -0.2) is 22.4 Å². The summed E-state index contributed by atoms with van der Waals surface area (Å²) in [5.74, 6) is 0.758. The third-order valence-electron chi connectivity index (χ3n) is 2.56. The summed E-state index contributed by atoms with van der Waals surface area (Å²) in [4.78, 5) is 20.0. The van der Waals surface area contributed by atoms with Gasteiger partial charge in [0.15, 0.2) is 0 Å². The zero-order valence-corrected chi connectivity index (χ0v) is 12.2. The fourth-order valence-corrected chi connectivity index (χ4v) is 2.66. The third-order valence-corrected chi connectivity index (χ3v) is 3.82. The Balaban J connectivity index is 2.23. The van der Waals surface area contributed by atoms with Gasteiger partial charge in [-0.3, -0.25) is 4.79 Å². The Kier molecular flexibility index (Phi) is 4.50. The van der Waals surface area contributed by atoms with Crippen LogP contribution in [0.3, 0.4) is 0 Å². The molecule has 0 unspecified atom stereocenters. The van der Waals surface area contributed by atoms with Crippen molar-refractivity contribution in [3.8, 4) is 0 Å². The molecule has 0 spiro atoms. The molecule has 0 aliphatic carbocycles. The summed E-state index contributed by atoms with van der Waals surface area (Å²) in [7, 11) is 0. The first-order chi connectivity index (χ1) is 9.13.